The summed E-state index contributed by atoms with van der Waals surface area (Å²) in [5.74, 6) is -0.246. The molecule has 31 heavy (non-hydrogen) atoms. The number of nitrogens with one attached hydrogen (secondary N) is 2. The van der Waals surface area contributed by atoms with Crippen LogP contribution in [0.25, 0.3) is 55.8 Å². The van der Waals surface area contributed by atoms with E-state index in [0.717, 1.165) is 44.6 Å². The van der Waals surface area contributed by atoms with Crippen molar-refractivity contribution in [1.82, 2.24) is 25.1 Å². The van der Waals surface area contributed by atoms with Crippen molar-refractivity contribution >= 4 is 21.9 Å². The summed E-state index contributed by atoms with van der Waals surface area (Å²) in [6.07, 6.45) is 1.75. The third-order valence-corrected chi connectivity index (χ3v) is 5.42. The van der Waals surface area contributed by atoms with Gasteiger partial charge in [-0.05, 0) is 48.0 Å². The van der Waals surface area contributed by atoms with Crippen LogP contribution < -0.4 is 0 Å². The number of pyridine rings is 2. The smallest absolute Gasteiger partial charge is 0.135 e. The average molecular weight is 405 g/mol. The van der Waals surface area contributed by atoms with E-state index in [1.54, 1.807) is 18.3 Å². The number of aromatic nitrogens is 5. The van der Waals surface area contributed by atoms with E-state index < -0.39 is 0 Å². The van der Waals surface area contributed by atoms with Crippen molar-refractivity contribution in [3.63, 3.8) is 0 Å². The van der Waals surface area contributed by atoms with Gasteiger partial charge in [0, 0.05) is 22.7 Å². The summed E-state index contributed by atoms with van der Waals surface area (Å²) in [7, 11) is 0. The molecule has 0 spiro atoms. The Morgan fingerprint density at radius 2 is 1.61 bits per heavy atom. The summed E-state index contributed by atoms with van der Waals surface area (Å²) in [6.45, 7) is 0. The van der Waals surface area contributed by atoms with Crippen LogP contribution in [0.1, 0.15) is 0 Å². The highest BCUT2D eigenvalue weighted by Gasteiger charge is 2.16. The van der Waals surface area contributed by atoms with Crippen LogP contribution in [0.4, 0.5) is 4.39 Å². The van der Waals surface area contributed by atoms with E-state index in [4.69, 9.17) is 4.98 Å². The molecule has 0 amide bonds. The van der Waals surface area contributed by atoms with Crippen LogP contribution >= 0.6 is 0 Å². The molecular weight excluding hydrogens is 389 g/mol. The van der Waals surface area contributed by atoms with Gasteiger partial charge in [-0.3, -0.25) is 10.1 Å². The van der Waals surface area contributed by atoms with Gasteiger partial charge in [0.05, 0.1) is 22.6 Å². The summed E-state index contributed by atoms with van der Waals surface area (Å²) in [4.78, 5) is 12.6. The number of H-pyrrole nitrogens is 2. The molecule has 0 saturated carbocycles. The minimum absolute atomic E-state index is 0.246. The molecule has 0 atom stereocenters. The van der Waals surface area contributed by atoms with Crippen LogP contribution in [-0.2, 0) is 0 Å². The van der Waals surface area contributed by atoms with Crippen LogP contribution in [0.15, 0.2) is 85.1 Å². The summed E-state index contributed by atoms with van der Waals surface area (Å²) in [5.41, 5.74) is 7.01. The van der Waals surface area contributed by atoms with E-state index in [-0.39, 0.29) is 5.82 Å². The van der Waals surface area contributed by atoms with Crippen molar-refractivity contribution in [3.8, 4) is 33.9 Å². The van der Waals surface area contributed by atoms with Crippen molar-refractivity contribution in [2.24, 2.45) is 0 Å². The molecule has 6 rings (SSSR count). The van der Waals surface area contributed by atoms with E-state index in [9.17, 15) is 4.39 Å². The number of fused-ring (bicyclic) bond motifs is 2. The first kappa shape index (κ1) is 17.5. The first-order valence-electron chi connectivity index (χ1n) is 9.91. The number of hydrogen-bond acceptors (Lipinski definition) is 3. The second-order valence-electron chi connectivity index (χ2n) is 7.31. The third-order valence-electron chi connectivity index (χ3n) is 5.42. The fourth-order valence-corrected chi connectivity index (χ4v) is 3.94. The summed E-state index contributed by atoms with van der Waals surface area (Å²) < 4.78 is 14.5. The zero-order valence-electron chi connectivity index (χ0n) is 16.3. The van der Waals surface area contributed by atoms with Crippen LogP contribution in [0.5, 0.6) is 0 Å². The summed E-state index contributed by atoms with van der Waals surface area (Å²) in [5, 5.41) is 8.48. The molecule has 6 heteroatoms. The summed E-state index contributed by atoms with van der Waals surface area (Å²) in [6, 6.07) is 24.3. The van der Waals surface area contributed by atoms with Crippen LogP contribution in [0, 0.1) is 5.82 Å². The zero-order valence-corrected chi connectivity index (χ0v) is 16.3. The van der Waals surface area contributed by atoms with Crippen molar-refractivity contribution in [1.29, 1.82) is 0 Å². The zero-order chi connectivity index (χ0) is 20.8. The lowest BCUT2D eigenvalue weighted by Gasteiger charge is -2.04. The lowest BCUT2D eigenvalue weighted by molar-refractivity contribution is 0.631. The molecule has 0 aliphatic heterocycles. The predicted octanol–water partition coefficient (Wildman–Crippen LogP) is 5.97. The SMILES string of the molecule is Fc1ccccc1-c1cccc2[nH]c(-c3n[nH]c4ccc(-c5ccccn5)nc34)cc12. The van der Waals surface area contributed by atoms with E-state index in [0.29, 0.717) is 11.3 Å². The van der Waals surface area contributed by atoms with Crippen molar-refractivity contribution in [2.75, 3.05) is 0 Å². The number of rotatable bonds is 3. The molecule has 2 aromatic carbocycles. The molecule has 0 radical (unpaired) electrons. The normalized spacial score (nSPS) is 11.4. The van der Waals surface area contributed by atoms with Gasteiger partial charge in [-0.15, -0.1) is 0 Å². The first-order chi connectivity index (χ1) is 15.3. The molecule has 0 fully saturated rings. The number of halogens is 1. The van der Waals surface area contributed by atoms with Crippen molar-refractivity contribution in [3.05, 3.63) is 90.9 Å². The molecule has 0 aliphatic carbocycles. The Morgan fingerprint density at radius 3 is 2.48 bits per heavy atom. The standard InChI is InChI=1S/C25H16FN5/c26-18-8-2-1-6-16(18)15-7-5-10-19-17(15)14-23(28-19)25-24-22(30-31-25)12-11-21(29-24)20-9-3-4-13-27-20/h1-14,28H,(H,30,31). The monoisotopic (exact) mass is 405 g/mol. The Balaban J connectivity index is 1.53. The van der Waals surface area contributed by atoms with Crippen LogP contribution in [0.2, 0.25) is 0 Å². The van der Waals surface area contributed by atoms with E-state index >= 15 is 0 Å². The molecule has 5 nitrogen and oxygen atoms in total. The number of nitrogens with zero attached hydrogens (tertiary/aromatic N) is 3. The van der Waals surface area contributed by atoms with Gasteiger partial charge in [-0.2, -0.15) is 5.10 Å². The van der Waals surface area contributed by atoms with Gasteiger partial charge in [0.25, 0.3) is 0 Å². The van der Waals surface area contributed by atoms with Gasteiger partial charge in [0.2, 0.25) is 0 Å². The average Bonchev–Trinajstić information content (AvgIpc) is 3.43. The van der Waals surface area contributed by atoms with Gasteiger partial charge in [-0.25, -0.2) is 9.37 Å². The maximum absolute atomic E-state index is 14.5. The summed E-state index contributed by atoms with van der Waals surface area (Å²) >= 11 is 0. The fraction of sp³-hybridized carbons (Fsp3) is 0. The van der Waals surface area contributed by atoms with E-state index in [2.05, 4.69) is 20.2 Å². The molecule has 4 aromatic heterocycles. The van der Waals surface area contributed by atoms with Crippen LogP contribution in [-0.4, -0.2) is 25.1 Å². The molecule has 148 valence electrons. The number of aromatic amines is 2. The molecule has 0 unspecified atom stereocenters. The highest BCUT2D eigenvalue weighted by molar-refractivity contribution is 6.00. The molecule has 0 bridgehead atoms. The van der Waals surface area contributed by atoms with E-state index in [1.807, 2.05) is 60.7 Å². The molecular formula is C25H16FN5. The molecule has 2 N–H and O–H groups in total. The maximum atomic E-state index is 14.5. The van der Waals surface area contributed by atoms with Gasteiger partial charge in [0.1, 0.15) is 17.0 Å². The highest BCUT2D eigenvalue weighted by Crippen LogP contribution is 2.34. The minimum atomic E-state index is -0.246. The minimum Gasteiger partial charge on any atom is -0.353 e. The Hall–Kier alpha value is -4.32. The van der Waals surface area contributed by atoms with Gasteiger partial charge in [0.15, 0.2) is 0 Å². The fourth-order valence-electron chi connectivity index (χ4n) is 3.94. The maximum Gasteiger partial charge on any atom is 0.135 e. The Bertz CT molecular complexity index is 1550. The van der Waals surface area contributed by atoms with Gasteiger partial charge in [-0.1, -0.05) is 36.4 Å². The molecule has 0 aliphatic rings. The largest absolute Gasteiger partial charge is 0.353 e. The van der Waals surface area contributed by atoms with Crippen molar-refractivity contribution < 1.29 is 4.39 Å². The Morgan fingerprint density at radius 1 is 0.742 bits per heavy atom. The van der Waals surface area contributed by atoms with Crippen molar-refractivity contribution in [2.45, 2.75) is 0 Å². The number of benzene rings is 2. The Labute approximate surface area is 176 Å². The molecule has 4 heterocycles. The van der Waals surface area contributed by atoms with Crippen LogP contribution in [0.3, 0.4) is 0 Å². The predicted molar refractivity (Wildman–Crippen MR) is 120 cm³/mol. The lowest BCUT2D eigenvalue weighted by Crippen LogP contribution is -1.87. The lowest BCUT2D eigenvalue weighted by atomic mass is 10.0. The van der Waals surface area contributed by atoms with Gasteiger partial charge >= 0.3 is 0 Å². The second kappa shape index (κ2) is 6.88. The van der Waals surface area contributed by atoms with Gasteiger partial charge < -0.3 is 4.98 Å². The third kappa shape index (κ3) is 2.88. The Kier molecular flexibility index (Phi) is 3.89. The number of hydrogen-bond donors (Lipinski definition) is 2. The second-order valence-corrected chi connectivity index (χ2v) is 7.31. The molecule has 6 aromatic rings. The first-order valence-corrected chi connectivity index (χ1v) is 9.91. The van der Waals surface area contributed by atoms with E-state index in [1.165, 1.54) is 6.07 Å². The highest BCUT2D eigenvalue weighted by atomic mass is 19.1. The molecule has 0 saturated heterocycles. The quantitative estimate of drug-likeness (QED) is 0.381. The topological polar surface area (TPSA) is 70.2 Å².